The van der Waals surface area contributed by atoms with Gasteiger partial charge in [-0.15, -0.1) is 6.58 Å². The SMILES string of the molecule is C=CCOP(OCCC)OC[C@@H](COCC[C@@H](CCCCCCC)OC(C)=O)NC(=O)OC(C)(C)C. The summed E-state index contributed by atoms with van der Waals surface area (Å²) in [7, 11) is -1.58. The molecule has 3 atom stereocenters. The molecule has 9 nitrogen and oxygen atoms in total. The summed E-state index contributed by atoms with van der Waals surface area (Å²) >= 11 is 0. The van der Waals surface area contributed by atoms with Gasteiger partial charge < -0.3 is 33.1 Å². The number of unbranched alkanes of at least 4 members (excludes halogenated alkanes) is 4. The van der Waals surface area contributed by atoms with E-state index in [-0.39, 0.29) is 25.3 Å². The number of carbonyl (C=O) groups is 2. The molecule has 0 heterocycles. The summed E-state index contributed by atoms with van der Waals surface area (Å²) in [5.74, 6) is -0.286. The topological polar surface area (TPSA) is 102 Å². The zero-order valence-electron chi connectivity index (χ0n) is 23.3. The van der Waals surface area contributed by atoms with Crippen molar-refractivity contribution in [2.45, 2.75) is 111 Å². The molecule has 0 bridgehead atoms. The number of hydrogen-bond acceptors (Lipinski definition) is 8. The first-order valence-corrected chi connectivity index (χ1v) is 14.2. The Labute approximate surface area is 219 Å². The number of amides is 1. The van der Waals surface area contributed by atoms with E-state index >= 15 is 0 Å². The van der Waals surface area contributed by atoms with Gasteiger partial charge >= 0.3 is 20.7 Å². The van der Waals surface area contributed by atoms with Gasteiger partial charge in [0.2, 0.25) is 0 Å². The van der Waals surface area contributed by atoms with Crippen molar-refractivity contribution in [2.75, 3.05) is 33.0 Å². The lowest BCUT2D eigenvalue weighted by Gasteiger charge is -2.25. The molecule has 0 spiro atoms. The van der Waals surface area contributed by atoms with Crippen LogP contribution in [0, 0.1) is 0 Å². The number of hydrogen-bond donors (Lipinski definition) is 1. The molecule has 1 N–H and O–H groups in total. The average Bonchev–Trinajstić information content (AvgIpc) is 2.78. The van der Waals surface area contributed by atoms with E-state index in [4.69, 9.17) is 27.8 Å². The largest absolute Gasteiger partial charge is 0.462 e. The van der Waals surface area contributed by atoms with E-state index in [0.29, 0.717) is 26.2 Å². The number of rotatable bonds is 22. The Bertz CT molecular complexity index is 585. The van der Waals surface area contributed by atoms with E-state index < -0.39 is 26.3 Å². The maximum Gasteiger partial charge on any atom is 0.408 e. The van der Waals surface area contributed by atoms with Crippen molar-refractivity contribution >= 4 is 20.7 Å². The third kappa shape index (κ3) is 22.0. The molecule has 0 saturated heterocycles. The lowest BCUT2D eigenvalue weighted by Crippen LogP contribution is -2.44. The second-order valence-corrected chi connectivity index (χ2v) is 10.8. The predicted molar refractivity (Wildman–Crippen MR) is 143 cm³/mol. The van der Waals surface area contributed by atoms with Gasteiger partial charge in [-0.05, 0) is 40.0 Å². The summed E-state index contributed by atoms with van der Waals surface area (Å²) in [6.45, 7) is 16.1. The minimum absolute atomic E-state index is 0.122. The fourth-order valence-corrected chi connectivity index (χ4v) is 4.14. The van der Waals surface area contributed by atoms with Crippen molar-refractivity contribution in [3.05, 3.63) is 12.7 Å². The molecule has 0 rings (SSSR count). The molecule has 36 heavy (non-hydrogen) atoms. The highest BCUT2D eigenvalue weighted by Gasteiger charge is 2.22. The van der Waals surface area contributed by atoms with E-state index in [1.165, 1.54) is 26.2 Å². The molecule has 10 heteroatoms. The smallest absolute Gasteiger partial charge is 0.408 e. The Balaban J connectivity index is 4.83. The van der Waals surface area contributed by atoms with Crippen LogP contribution in [0.2, 0.25) is 0 Å². The zero-order valence-corrected chi connectivity index (χ0v) is 24.2. The molecule has 0 radical (unpaired) electrons. The van der Waals surface area contributed by atoms with Crippen LogP contribution in [0.4, 0.5) is 4.79 Å². The highest BCUT2D eigenvalue weighted by molar-refractivity contribution is 7.41. The normalized spacial score (nSPS) is 14.1. The van der Waals surface area contributed by atoms with Crippen LogP contribution >= 0.6 is 8.60 Å². The number of nitrogens with one attached hydrogen (secondary N) is 1. The third-order valence-electron chi connectivity index (χ3n) is 4.67. The molecule has 0 aromatic rings. The quantitative estimate of drug-likeness (QED) is 0.0730. The zero-order chi connectivity index (χ0) is 27.2. The summed E-state index contributed by atoms with van der Waals surface area (Å²) in [4.78, 5) is 23.8. The molecule has 0 saturated carbocycles. The summed E-state index contributed by atoms with van der Waals surface area (Å²) in [6.07, 6.45) is 8.85. The van der Waals surface area contributed by atoms with Gasteiger partial charge in [-0.25, -0.2) is 4.79 Å². The number of esters is 1. The Morgan fingerprint density at radius 3 is 2.28 bits per heavy atom. The van der Waals surface area contributed by atoms with Gasteiger partial charge in [-0.1, -0.05) is 45.6 Å². The molecule has 0 aromatic heterocycles. The van der Waals surface area contributed by atoms with Crippen molar-refractivity contribution in [3.8, 4) is 0 Å². The number of alkyl carbamates (subject to hydrolysis) is 1. The molecule has 0 aliphatic rings. The van der Waals surface area contributed by atoms with E-state index in [9.17, 15) is 9.59 Å². The van der Waals surface area contributed by atoms with Crippen LogP contribution in [0.5, 0.6) is 0 Å². The van der Waals surface area contributed by atoms with Crippen molar-refractivity contribution in [1.29, 1.82) is 0 Å². The Morgan fingerprint density at radius 2 is 1.67 bits per heavy atom. The van der Waals surface area contributed by atoms with Crippen LogP contribution in [0.15, 0.2) is 12.7 Å². The molecule has 0 aliphatic heterocycles. The monoisotopic (exact) mass is 535 g/mol. The molecule has 0 aliphatic carbocycles. The second-order valence-electron chi connectivity index (χ2n) is 9.58. The van der Waals surface area contributed by atoms with Gasteiger partial charge in [0, 0.05) is 13.3 Å². The van der Waals surface area contributed by atoms with Crippen molar-refractivity contribution in [3.63, 3.8) is 0 Å². The fourth-order valence-electron chi connectivity index (χ4n) is 3.06. The van der Waals surface area contributed by atoms with E-state index in [2.05, 4.69) is 18.8 Å². The Hall–Kier alpha value is -1.25. The lowest BCUT2D eigenvalue weighted by molar-refractivity contribution is -0.147. The highest BCUT2D eigenvalue weighted by atomic mass is 31.2. The molecular formula is C26H50NO8P. The van der Waals surface area contributed by atoms with Gasteiger partial charge in [0.15, 0.2) is 0 Å². The van der Waals surface area contributed by atoms with E-state index in [0.717, 1.165) is 25.7 Å². The summed E-state index contributed by atoms with van der Waals surface area (Å²) in [6, 6.07) is -0.483. The highest BCUT2D eigenvalue weighted by Crippen LogP contribution is 2.39. The van der Waals surface area contributed by atoms with Crippen LogP contribution in [-0.4, -0.2) is 62.8 Å². The maximum atomic E-state index is 12.3. The molecular weight excluding hydrogens is 485 g/mol. The average molecular weight is 536 g/mol. The second kappa shape index (κ2) is 21.8. The van der Waals surface area contributed by atoms with E-state index in [1.807, 2.05) is 6.92 Å². The first kappa shape index (κ1) is 34.8. The minimum Gasteiger partial charge on any atom is -0.462 e. The van der Waals surface area contributed by atoms with Gasteiger partial charge in [-0.2, -0.15) is 0 Å². The molecule has 1 amide bonds. The molecule has 1 unspecified atom stereocenters. The first-order chi connectivity index (χ1) is 17.1. The Kier molecular flexibility index (Phi) is 21.0. The Morgan fingerprint density at radius 1 is 0.944 bits per heavy atom. The standard InChI is InChI=1S/C26H50NO8P/c1-8-11-12-13-14-15-24(34-22(4)28)16-19-30-20-23(27-25(29)35-26(5,6)7)21-33-36(31-17-9-2)32-18-10-3/h9,23-24H,2,8,10-21H2,1,3-7H3,(H,27,29)/t23-,24-,36?/m1/s1. The van der Waals surface area contributed by atoms with Gasteiger partial charge in [0.05, 0.1) is 39.1 Å². The maximum absolute atomic E-state index is 12.3. The van der Waals surface area contributed by atoms with Crippen molar-refractivity contribution < 1.29 is 37.4 Å². The minimum atomic E-state index is -1.58. The van der Waals surface area contributed by atoms with Crippen LogP contribution < -0.4 is 5.32 Å². The number of carbonyl (C=O) groups excluding carboxylic acids is 2. The number of ether oxygens (including phenoxy) is 3. The molecule has 0 fully saturated rings. The fraction of sp³-hybridized carbons (Fsp3) is 0.846. The summed E-state index contributed by atoms with van der Waals surface area (Å²) in [5, 5.41) is 2.80. The lowest BCUT2D eigenvalue weighted by atomic mass is 10.1. The van der Waals surface area contributed by atoms with Crippen molar-refractivity contribution in [1.82, 2.24) is 5.32 Å². The van der Waals surface area contributed by atoms with Crippen LogP contribution in [0.3, 0.4) is 0 Å². The third-order valence-corrected chi connectivity index (χ3v) is 5.78. The van der Waals surface area contributed by atoms with Crippen LogP contribution in [-0.2, 0) is 32.6 Å². The summed E-state index contributed by atoms with van der Waals surface area (Å²) in [5.41, 5.74) is -0.630. The predicted octanol–water partition coefficient (Wildman–Crippen LogP) is 6.45. The van der Waals surface area contributed by atoms with Crippen molar-refractivity contribution in [2.24, 2.45) is 0 Å². The van der Waals surface area contributed by atoms with Crippen LogP contribution in [0.1, 0.15) is 92.9 Å². The first-order valence-electron chi connectivity index (χ1n) is 13.1. The van der Waals surface area contributed by atoms with Crippen LogP contribution in [0.25, 0.3) is 0 Å². The summed E-state index contributed by atoms with van der Waals surface area (Å²) < 4.78 is 33.7. The van der Waals surface area contributed by atoms with Gasteiger partial charge in [0.25, 0.3) is 0 Å². The molecule has 212 valence electrons. The van der Waals surface area contributed by atoms with Gasteiger partial charge in [-0.3, -0.25) is 4.79 Å². The van der Waals surface area contributed by atoms with E-state index in [1.54, 1.807) is 26.8 Å². The molecule has 0 aromatic carbocycles. The van der Waals surface area contributed by atoms with Gasteiger partial charge in [0.1, 0.15) is 11.7 Å².